The van der Waals surface area contributed by atoms with Crippen molar-refractivity contribution in [2.45, 2.75) is 25.8 Å². The Labute approximate surface area is 106 Å². The molecule has 0 radical (unpaired) electrons. The number of hydrogen-bond acceptors (Lipinski definition) is 4. The highest BCUT2D eigenvalue weighted by Crippen LogP contribution is 2.19. The largest absolute Gasteiger partial charge is 0.481 e. The summed E-state index contributed by atoms with van der Waals surface area (Å²) in [5, 5.41) is 11.9. The Morgan fingerprint density at radius 2 is 2.29 bits per heavy atom. The molecule has 0 aromatic rings. The standard InChI is InChI=1S/C11H20N2O3S/c1-2-12-4-3-10(14)13-5-6-17-8-9(13)7-11(15)16/h9,12H,2-8H2,1H3,(H,15,16). The lowest BCUT2D eigenvalue weighted by molar-refractivity contribution is -0.140. The minimum absolute atomic E-state index is 0.0555. The van der Waals surface area contributed by atoms with E-state index in [-0.39, 0.29) is 18.4 Å². The first kappa shape index (κ1) is 14.3. The van der Waals surface area contributed by atoms with Gasteiger partial charge in [0, 0.05) is 31.0 Å². The molecule has 2 N–H and O–H groups in total. The molecule has 5 nitrogen and oxygen atoms in total. The van der Waals surface area contributed by atoms with Gasteiger partial charge >= 0.3 is 5.97 Å². The molecule has 1 fully saturated rings. The second-order valence-corrected chi connectivity index (χ2v) is 5.17. The minimum atomic E-state index is -0.831. The zero-order chi connectivity index (χ0) is 12.7. The van der Waals surface area contributed by atoms with Gasteiger partial charge < -0.3 is 15.3 Å². The van der Waals surface area contributed by atoms with Gasteiger partial charge in [-0.05, 0) is 6.54 Å². The van der Waals surface area contributed by atoms with Crippen LogP contribution in [0.25, 0.3) is 0 Å². The molecule has 0 saturated carbocycles. The quantitative estimate of drug-likeness (QED) is 0.677. The molecule has 1 aliphatic heterocycles. The summed E-state index contributed by atoms with van der Waals surface area (Å²) >= 11 is 1.72. The second kappa shape index (κ2) is 7.55. The van der Waals surface area contributed by atoms with E-state index in [2.05, 4.69) is 5.32 Å². The van der Waals surface area contributed by atoms with Crippen molar-refractivity contribution >= 4 is 23.6 Å². The molecular weight excluding hydrogens is 240 g/mol. The molecule has 17 heavy (non-hydrogen) atoms. The Morgan fingerprint density at radius 3 is 2.94 bits per heavy atom. The molecule has 1 saturated heterocycles. The van der Waals surface area contributed by atoms with Crippen LogP contribution < -0.4 is 5.32 Å². The summed E-state index contributed by atoms with van der Waals surface area (Å²) in [6.45, 7) is 4.18. The number of carbonyl (C=O) groups is 2. The van der Waals surface area contributed by atoms with Crippen molar-refractivity contribution in [1.29, 1.82) is 0 Å². The van der Waals surface area contributed by atoms with Crippen LogP contribution in [0.3, 0.4) is 0 Å². The Bertz CT molecular complexity index is 273. The third-order valence-corrected chi connectivity index (χ3v) is 3.82. The lowest BCUT2D eigenvalue weighted by Crippen LogP contribution is -2.47. The normalized spacial score (nSPS) is 20.3. The first-order valence-electron chi connectivity index (χ1n) is 5.95. The maximum Gasteiger partial charge on any atom is 0.305 e. The number of carboxylic acids is 1. The molecule has 1 atom stereocenters. The lowest BCUT2D eigenvalue weighted by Gasteiger charge is -2.34. The average Bonchev–Trinajstić information content (AvgIpc) is 2.29. The van der Waals surface area contributed by atoms with E-state index in [1.165, 1.54) is 0 Å². The molecule has 0 aromatic carbocycles. The molecule has 1 heterocycles. The average molecular weight is 260 g/mol. The molecule has 0 aliphatic carbocycles. The van der Waals surface area contributed by atoms with E-state index in [9.17, 15) is 9.59 Å². The highest BCUT2D eigenvalue weighted by molar-refractivity contribution is 7.99. The highest BCUT2D eigenvalue weighted by atomic mass is 32.2. The van der Waals surface area contributed by atoms with E-state index in [0.29, 0.717) is 19.5 Å². The summed E-state index contributed by atoms with van der Waals surface area (Å²) in [5.41, 5.74) is 0. The van der Waals surface area contributed by atoms with Gasteiger partial charge in [0.15, 0.2) is 0 Å². The van der Waals surface area contributed by atoms with Crippen LogP contribution in [0.1, 0.15) is 19.8 Å². The van der Waals surface area contributed by atoms with E-state index in [4.69, 9.17) is 5.11 Å². The molecule has 98 valence electrons. The van der Waals surface area contributed by atoms with Gasteiger partial charge in [-0.15, -0.1) is 0 Å². The number of nitrogens with zero attached hydrogens (tertiary/aromatic N) is 1. The molecule has 1 amide bonds. The van der Waals surface area contributed by atoms with Crippen LogP contribution in [-0.4, -0.2) is 59.1 Å². The van der Waals surface area contributed by atoms with E-state index >= 15 is 0 Å². The number of aliphatic carboxylic acids is 1. The number of carboxylic acid groups (broad SMARTS) is 1. The Hall–Kier alpha value is -0.750. The molecule has 1 aliphatic rings. The van der Waals surface area contributed by atoms with Crippen LogP contribution in [0.2, 0.25) is 0 Å². The fraction of sp³-hybridized carbons (Fsp3) is 0.818. The van der Waals surface area contributed by atoms with Gasteiger partial charge in [0.25, 0.3) is 0 Å². The molecule has 0 aromatic heterocycles. The van der Waals surface area contributed by atoms with Crippen molar-refractivity contribution in [2.75, 3.05) is 31.1 Å². The van der Waals surface area contributed by atoms with E-state index in [1.54, 1.807) is 16.7 Å². The second-order valence-electron chi connectivity index (χ2n) is 4.02. The summed E-state index contributed by atoms with van der Waals surface area (Å²) in [7, 11) is 0. The maximum absolute atomic E-state index is 11.9. The monoisotopic (exact) mass is 260 g/mol. The van der Waals surface area contributed by atoms with Crippen molar-refractivity contribution in [3.63, 3.8) is 0 Å². The predicted octanol–water partition coefficient (Wildman–Crippen LogP) is 0.405. The van der Waals surface area contributed by atoms with Crippen molar-refractivity contribution in [1.82, 2.24) is 10.2 Å². The molecule has 0 spiro atoms. The van der Waals surface area contributed by atoms with Crippen molar-refractivity contribution in [2.24, 2.45) is 0 Å². The first-order chi connectivity index (χ1) is 8.15. The van der Waals surface area contributed by atoms with Crippen LogP contribution in [0.4, 0.5) is 0 Å². The number of amides is 1. The van der Waals surface area contributed by atoms with Gasteiger partial charge in [0.2, 0.25) is 5.91 Å². The van der Waals surface area contributed by atoms with E-state index in [0.717, 1.165) is 18.1 Å². The van der Waals surface area contributed by atoms with Gasteiger partial charge in [-0.1, -0.05) is 6.92 Å². The summed E-state index contributed by atoms with van der Waals surface area (Å²) in [6.07, 6.45) is 0.509. The number of thioether (sulfide) groups is 1. The lowest BCUT2D eigenvalue weighted by atomic mass is 10.2. The van der Waals surface area contributed by atoms with Gasteiger partial charge in [0.05, 0.1) is 12.5 Å². The number of rotatable bonds is 6. The number of carbonyl (C=O) groups excluding carboxylic acids is 1. The Balaban J connectivity index is 2.45. The zero-order valence-corrected chi connectivity index (χ0v) is 11.0. The van der Waals surface area contributed by atoms with Gasteiger partial charge in [-0.25, -0.2) is 0 Å². The van der Waals surface area contributed by atoms with Crippen molar-refractivity contribution < 1.29 is 14.7 Å². The van der Waals surface area contributed by atoms with Crippen LogP contribution in [0, 0.1) is 0 Å². The molecule has 1 unspecified atom stereocenters. The molecular formula is C11H20N2O3S. The Kier molecular flexibility index (Phi) is 6.36. The van der Waals surface area contributed by atoms with E-state index in [1.807, 2.05) is 6.92 Å². The van der Waals surface area contributed by atoms with Crippen LogP contribution >= 0.6 is 11.8 Å². The van der Waals surface area contributed by atoms with Crippen molar-refractivity contribution in [3.05, 3.63) is 0 Å². The molecule has 1 rings (SSSR count). The SMILES string of the molecule is CCNCCC(=O)N1CCSCC1CC(=O)O. The van der Waals surface area contributed by atoms with E-state index < -0.39 is 5.97 Å². The number of nitrogens with one attached hydrogen (secondary N) is 1. The first-order valence-corrected chi connectivity index (χ1v) is 7.10. The molecule has 0 bridgehead atoms. The smallest absolute Gasteiger partial charge is 0.305 e. The Morgan fingerprint density at radius 1 is 1.53 bits per heavy atom. The topological polar surface area (TPSA) is 69.6 Å². The zero-order valence-electron chi connectivity index (χ0n) is 10.1. The summed E-state index contributed by atoms with van der Waals surface area (Å²) in [4.78, 5) is 24.4. The number of hydrogen-bond donors (Lipinski definition) is 2. The third kappa shape index (κ3) is 4.95. The third-order valence-electron chi connectivity index (χ3n) is 2.72. The predicted molar refractivity (Wildman–Crippen MR) is 68.2 cm³/mol. The fourth-order valence-corrected chi connectivity index (χ4v) is 2.93. The van der Waals surface area contributed by atoms with Gasteiger partial charge in [-0.2, -0.15) is 11.8 Å². The summed E-state index contributed by atoms with van der Waals surface area (Å²) in [5.74, 6) is 0.877. The highest BCUT2D eigenvalue weighted by Gasteiger charge is 2.28. The van der Waals surface area contributed by atoms with Crippen LogP contribution in [0.5, 0.6) is 0 Å². The summed E-state index contributed by atoms with van der Waals surface area (Å²) in [6, 6.07) is -0.139. The van der Waals surface area contributed by atoms with Gasteiger partial charge in [-0.3, -0.25) is 9.59 Å². The van der Waals surface area contributed by atoms with Crippen LogP contribution in [-0.2, 0) is 9.59 Å². The fourth-order valence-electron chi connectivity index (χ4n) is 1.87. The minimum Gasteiger partial charge on any atom is -0.481 e. The maximum atomic E-state index is 11.9. The van der Waals surface area contributed by atoms with Gasteiger partial charge in [0.1, 0.15) is 0 Å². The molecule has 6 heteroatoms. The van der Waals surface area contributed by atoms with Crippen molar-refractivity contribution in [3.8, 4) is 0 Å². The van der Waals surface area contributed by atoms with Crippen LogP contribution in [0.15, 0.2) is 0 Å². The summed E-state index contributed by atoms with van der Waals surface area (Å²) < 4.78 is 0.